The molecular weight excluding hydrogens is 205 g/mol. The summed E-state index contributed by atoms with van der Waals surface area (Å²) in [6.45, 7) is 0. The van der Waals surface area contributed by atoms with Gasteiger partial charge in [0.25, 0.3) is 0 Å². The van der Waals surface area contributed by atoms with Gasteiger partial charge in [-0.25, -0.2) is 13.2 Å². The van der Waals surface area contributed by atoms with E-state index in [1.807, 2.05) is 0 Å². The molecule has 0 aromatic heterocycles. The molecule has 1 nitrogen and oxygen atoms in total. The van der Waals surface area contributed by atoms with Gasteiger partial charge in [0.2, 0.25) is 0 Å². The van der Waals surface area contributed by atoms with Crippen molar-refractivity contribution in [2.75, 3.05) is 0 Å². The molecule has 0 bridgehead atoms. The highest BCUT2D eigenvalue weighted by Gasteiger charge is 2.28. The number of Topliss-reactive ketones (excluding diaryl/α,β-unsaturated/α-hetero) is 1. The molecule has 1 fully saturated rings. The van der Waals surface area contributed by atoms with Crippen LogP contribution in [0, 0.1) is 23.4 Å². The zero-order valence-corrected chi connectivity index (χ0v) is 7.90. The summed E-state index contributed by atoms with van der Waals surface area (Å²) in [4.78, 5) is 11.4. The maximum absolute atomic E-state index is 13.1. The number of ketones is 1. The molecule has 0 heterocycles. The lowest BCUT2D eigenvalue weighted by Crippen LogP contribution is -2.07. The minimum Gasteiger partial charge on any atom is -0.294 e. The van der Waals surface area contributed by atoms with E-state index in [0.717, 1.165) is 12.8 Å². The van der Waals surface area contributed by atoms with Gasteiger partial charge in [0.1, 0.15) is 17.5 Å². The number of hydrogen-bond acceptors (Lipinski definition) is 1. The van der Waals surface area contributed by atoms with Gasteiger partial charge in [-0.15, -0.1) is 0 Å². The van der Waals surface area contributed by atoms with Crippen molar-refractivity contribution < 1.29 is 18.0 Å². The molecule has 0 radical (unpaired) electrons. The van der Waals surface area contributed by atoms with Crippen molar-refractivity contribution in [2.24, 2.45) is 5.92 Å². The van der Waals surface area contributed by atoms with E-state index in [-0.39, 0.29) is 12.3 Å². The number of carbonyl (C=O) groups excluding carboxylic acids is 1. The highest BCUT2D eigenvalue weighted by molar-refractivity contribution is 5.96. The largest absolute Gasteiger partial charge is 0.294 e. The molecule has 1 aliphatic rings. The Hall–Kier alpha value is -1.32. The van der Waals surface area contributed by atoms with Gasteiger partial charge in [0.15, 0.2) is 5.78 Å². The summed E-state index contributed by atoms with van der Waals surface area (Å²) in [6.07, 6.45) is 2.01. The molecule has 0 spiro atoms. The summed E-state index contributed by atoms with van der Waals surface area (Å²) in [5, 5.41) is 0. The van der Waals surface area contributed by atoms with E-state index in [4.69, 9.17) is 0 Å². The third-order valence-electron chi connectivity index (χ3n) is 2.46. The van der Waals surface area contributed by atoms with E-state index in [2.05, 4.69) is 0 Å². The van der Waals surface area contributed by atoms with Crippen LogP contribution in [0.25, 0.3) is 0 Å². The van der Waals surface area contributed by atoms with E-state index >= 15 is 0 Å². The third kappa shape index (κ3) is 2.19. The quantitative estimate of drug-likeness (QED) is 0.706. The second-order valence-electron chi connectivity index (χ2n) is 3.82. The highest BCUT2D eigenvalue weighted by Crippen LogP contribution is 2.34. The smallest absolute Gasteiger partial charge is 0.169 e. The number of carbonyl (C=O) groups is 1. The molecule has 1 saturated carbocycles. The topological polar surface area (TPSA) is 17.1 Å². The second kappa shape index (κ2) is 3.68. The molecule has 0 amide bonds. The van der Waals surface area contributed by atoms with Gasteiger partial charge in [-0.2, -0.15) is 0 Å². The zero-order valence-electron chi connectivity index (χ0n) is 7.90. The molecule has 1 aliphatic carbocycles. The normalized spacial score (nSPS) is 15.4. The summed E-state index contributed by atoms with van der Waals surface area (Å²) >= 11 is 0. The summed E-state index contributed by atoms with van der Waals surface area (Å²) in [5.74, 6) is -3.56. The Morgan fingerprint density at radius 1 is 1.20 bits per heavy atom. The monoisotopic (exact) mass is 214 g/mol. The molecule has 0 saturated heterocycles. The van der Waals surface area contributed by atoms with Crippen molar-refractivity contribution in [3.8, 4) is 0 Å². The lowest BCUT2D eigenvalue weighted by atomic mass is 10.0. The van der Waals surface area contributed by atoms with Gasteiger partial charge >= 0.3 is 0 Å². The molecule has 1 aromatic rings. The number of rotatable bonds is 3. The number of benzene rings is 1. The predicted octanol–water partition coefficient (Wildman–Crippen LogP) is 3.09. The first kappa shape index (κ1) is 10.2. The van der Waals surface area contributed by atoms with Crippen LogP contribution in [0.4, 0.5) is 13.2 Å². The molecule has 4 heteroatoms. The molecule has 15 heavy (non-hydrogen) atoms. The first-order chi connectivity index (χ1) is 7.08. The lowest BCUT2D eigenvalue weighted by molar-refractivity contribution is 0.0967. The van der Waals surface area contributed by atoms with Crippen LogP contribution in [0.3, 0.4) is 0 Å². The van der Waals surface area contributed by atoms with E-state index in [1.165, 1.54) is 0 Å². The molecule has 0 unspecified atom stereocenters. The predicted molar refractivity (Wildman–Crippen MR) is 48.0 cm³/mol. The molecule has 1 aromatic carbocycles. The van der Waals surface area contributed by atoms with Crippen LogP contribution in [-0.2, 0) is 0 Å². The highest BCUT2D eigenvalue weighted by atomic mass is 19.1. The van der Waals surface area contributed by atoms with E-state index in [0.29, 0.717) is 12.1 Å². The Bertz CT molecular complexity index is 387. The molecule has 2 rings (SSSR count). The van der Waals surface area contributed by atoms with Gasteiger partial charge in [0.05, 0.1) is 5.56 Å². The van der Waals surface area contributed by atoms with Crippen molar-refractivity contribution in [3.05, 3.63) is 35.1 Å². The van der Waals surface area contributed by atoms with Crippen LogP contribution in [-0.4, -0.2) is 5.78 Å². The fourth-order valence-electron chi connectivity index (χ4n) is 1.49. The summed E-state index contributed by atoms with van der Waals surface area (Å²) in [6, 6.07) is 1.06. The van der Waals surface area contributed by atoms with Crippen molar-refractivity contribution in [2.45, 2.75) is 19.3 Å². The first-order valence-corrected chi connectivity index (χ1v) is 4.75. The lowest BCUT2D eigenvalue weighted by Gasteiger charge is -2.03. The summed E-state index contributed by atoms with van der Waals surface area (Å²) < 4.78 is 38.8. The molecule has 0 N–H and O–H groups in total. The van der Waals surface area contributed by atoms with Crippen LogP contribution in [0.1, 0.15) is 29.6 Å². The van der Waals surface area contributed by atoms with Crippen LogP contribution in [0.15, 0.2) is 12.1 Å². The Balaban J connectivity index is 2.29. The van der Waals surface area contributed by atoms with Gasteiger partial charge in [-0.3, -0.25) is 4.79 Å². The fourth-order valence-corrected chi connectivity index (χ4v) is 1.49. The Labute approximate surface area is 84.9 Å². The minimum atomic E-state index is -1.11. The molecule has 0 atom stereocenters. The average molecular weight is 214 g/mol. The molecular formula is C11H9F3O. The first-order valence-electron chi connectivity index (χ1n) is 4.75. The van der Waals surface area contributed by atoms with Gasteiger partial charge in [-0.05, 0) is 18.8 Å². The maximum Gasteiger partial charge on any atom is 0.169 e. The van der Waals surface area contributed by atoms with E-state index in [1.54, 1.807) is 0 Å². The third-order valence-corrected chi connectivity index (χ3v) is 2.46. The maximum atomic E-state index is 13.1. The molecule has 80 valence electrons. The summed E-state index contributed by atoms with van der Waals surface area (Å²) in [7, 11) is 0. The Morgan fingerprint density at radius 2 is 1.73 bits per heavy atom. The fraction of sp³-hybridized carbons (Fsp3) is 0.364. The van der Waals surface area contributed by atoms with Gasteiger partial charge in [0, 0.05) is 18.6 Å². The van der Waals surface area contributed by atoms with Gasteiger partial charge < -0.3 is 0 Å². The van der Waals surface area contributed by atoms with Crippen molar-refractivity contribution in [1.29, 1.82) is 0 Å². The Morgan fingerprint density at radius 3 is 2.20 bits per heavy atom. The van der Waals surface area contributed by atoms with Crippen LogP contribution >= 0.6 is 0 Å². The zero-order chi connectivity index (χ0) is 11.0. The number of halogens is 3. The number of hydrogen-bond donors (Lipinski definition) is 0. The molecule has 0 aliphatic heterocycles. The van der Waals surface area contributed by atoms with Crippen LogP contribution in [0.2, 0.25) is 0 Å². The van der Waals surface area contributed by atoms with Crippen molar-refractivity contribution >= 4 is 5.78 Å². The van der Waals surface area contributed by atoms with E-state index in [9.17, 15) is 18.0 Å². The minimum absolute atomic E-state index is 0.152. The van der Waals surface area contributed by atoms with Crippen LogP contribution in [0.5, 0.6) is 0 Å². The van der Waals surface area contributed by atoms with Gasteiger partial charge in [-0.1, -0.05) is 0 Å². The summed E-state index contributed by atoms with van der Waals surface area (Å²) in [5.41, 5.74) is -0.608. The van der Waals surface area contributed by atoms with E-state index < -0.39 is 28.8 Å². The SMILES string of the molecule is O=C(CC1CC1)c1c(F)cc(F)cc1F. The second-order valence-corrected chi connectivity index (χ2v) is 3.82. The standard InChI is InChI=1S/C11H9F3O/c12-7-4-8(13)11(9(14)5-7)10(15)3-6-1-2-6/h4-6H,1-3H2. The Kier molecular flexibility index (Phi) is 2.50. The average Bonchev–Trinajstić information content (AvgIpc) is 2.85. The van der Waals surface area contributed by atoms with Crippen molar-refractivity contribution in [3.63, 3.8) is 0 Å². The van der Waals surface area contributed by atoms with Crippen LogP contribution < -0.4 is 0 Å². The van der Waals surface area contributed by atoms with Crippen molar-refractivity contribution in [1.82, 2.24) is 0 Å².